The SMILES string of the molecule is CCCCCC=CCC(O)C=CC=CC=CC(O)CCCC(=O)OC. The second-order valence-corrected chi connectivity index (χ2v) is 5.96. The van der Waals surface area contributed by atoms with E-state index >= 15 is 0 Å². The van der Waals surface area contributed by atoms with E-state index in [1.165, 1.54) is 26.4 Å². The molecule has 0 spiro atoms. The Bertz CT molecular complexity index is 435. The van der Waals surface area contributed by atoms with Gasteiger partial charge in [0.05, 0.1) is 19.3 Å². The number of ether oxygens (including phenoxy) is 1. The summed E-state index contributed by atoms with van der Waals surface area (Å²) in [5.41, 5.74) is 0. The van der Waals surface area contributed by atoms with Gasteiger partial charge in [0.2, 0.25) is 0 Å². The summed E-state index contributed by atoms with van der Waals surface area (Å²) < 4.78 is 4.54. The van der Waals surface area contributed by atoms with Crippen molar-refractivity contribution in [1.29, 1.82) is 0 Å². The third-order valence-corrected chi connectivity index (χ3v) is 3.63. The molecule has 4 nitrogen and oxygen atoms in total. The maximum absolute atomic E-state index is 10.9. The summed E-state index contributed by atoms with van der Waals surface area (Å²) in [5.74, 6) is -0.254. The van der Waals surface area contributed by atoms with E-state index in [1.54, 1.807) is 30.4 Å². The fraction of sp³-hybridized carbons (Fsp3) is 0.571. The van der Waals surface area contributed by atoms with E-state index in [9.17, 15) is 15.0 Å². The molecule has 0 heterocycles. The third kappa shape index (κ3) is 17.0. The van der Waals surface area contributed by atoms with Gasteiger partial charge in [-0.05, 0) is 32.1 Å². The number of carbonyl (C=O) groups excluding carboxylic acids is 1. The largest absolute Gasteiger partial charge is 0.469 e. The summed E-state index contributed by atoms with van der Waals surface area (Å²) in [6.07, 6.45) is 20.6. The number of aliphatic hydroxyl groups excluding tert-OH is 2. The van der Waals surface area contributed by atoms with Crippen LogP contribution in [0, 0.1) is 0 Å². The van der Waals surface area contributed by atoms with Gasteiger partial charge >= 0.3 is 5.97 Å². The van der Waals surface area contributed by atoms with Gasteiger partial charge < -0.3 is 14.9 Å². The second kappa shape index (κ2) is 17.2. The lowest BCUT2D eigenvalue weighted by Gasteiger charge is -2.03. The molecule has 142 valence electrons. The lowest BCUT2D eigenvalue weighted by molar-refractivity contribution is -0.140. The second-order valence-electron chi connectivity index (χ2n) is 5.96. The molecule has 2 N–H and O–H groups in total. The molecule has 0 radical (unpaired) electrons. The van der Waals surface area contributed by atoms with E-state index < -0.39 is 12.2 Å². The number of allylic oxidation sites excluding steroid dienone is 5. The Kier molecular flexibility index (Phi) is 16.0. The number of carbonyl (C=O) groups is 1. The molecule has 0 aromatic carbocycles. The molecule has 0 aromatic rings. The van der Waals surface area contributed by atoms with Crippen LogP contribution in [-0.2, 0) is 9.53 Å². The Balaban J connectivity index is 3.82. The summed E-state index contributed by atoms with van der Waals surface area (Å²) in [6, 6.07) is 0. The number of unbranched alkanes of at least 4 members (excludes halogenated alkanes) is 3. The standard InChI is InChI=1S/C21H34O4/c1-3-4-5-6-7-10-14-19(22)15-11-8-9-12-16-20(23)17-13-18-21(24)25-2/h7-12,15-16,19-20,22-23H,3-6,13-14,17-18H2,1-2H3. The van der Waals surface area contributed by atoms with Crippen LogP contribution in [0.5, 0.6) is 0 Å². The average Bonchev–Trinajstić information content (AvgIpc) is 2.60. The topological polar surface area (TPSA) is 66.8 Å². The molecule has 2 unspecified atom stereocenters. The van der Waals surface area contributed by atoms with Gasteiger partial charge in [-0.15, -0.1) is 0 Å². The van der Waals surface area contributed by atoms with E-state index in [0.29, 0.717) is 25.7 Å². The minimum Gasteiger partial charge on any atom is -0.469 e. The number of rotatable bonds is 14. The van der Waals surface area contributed by atoms with E-state index in [1.807, 2.05) is 12.2 Å². The normalized spacial score (nSPS) is 14.9. The molecular formula is C21H34O4. The van der Waals surface area contributed by atoms with Crippen LogP contribution in [0.2, 0.25) is 0 Å². The fourth-order valence-electron chi connectivity index (χ4n) is 2.11. The third-order valence-electron chi connectivity index (χ3n) is 3.63. The molecule has 25 heavy (non-hydrogen) atoms. The molecule has 0 aliphatic rings. The first-order valence-corrected chi connectivity index (χ1v) is 9.19. The van der Waals surface area contributed by atoms with E-state index in [2.05, 4.69) is 17.7 Å². The maximum atomic E-state index is 10.9. The lowest BCUT2D eigenvalue weighted by atomic mass is 10.1. The van der Waals surface area contributed by atoms with Crippen molar-refractivity contribution < 1.29 is 19.7 Å². The molecule has 0 bridgehead atoms. The highest BCUT2D eigenvalue weighted by Crippen LogP contribution is 2.04. The summed E-state index contributed by atoms with van der Waals surface area (Å²) in [7, 11) is 1.36. The Morgan fingerprint density at radius 2 is 1.64 bits per heavy atom. The number of aliphatic hydroxyl groups is 2. The first-order valence-electron chi connectivity index (χ1n) is 9.19. The van der Waals surface area contributed by atoms with Gasteiger partial charge in [0.15, 0.2) is 0 Å². The minimum absolute atomic E-state index is 0.254. The quantitative estimate of drug-likeness (QED) is 0.213. The highest BCUT2D eigenvalue weighted by Gasteiger charge is 2.02. The molecule has 4 heteroatoms. The molecule has 0 fully saturated rings. The predicted molar refractivity (Wildman–Crippen MR) is 103 cm³/mol. The van der Waals surface area contributed by atoms with Crippen LogP contribution in [0.15, 0.2) is 48.6 Å². The summed E-state index contributed by atoms with van der Waals surface area (Å²) >= 11 is 0. The minimum atomic E-state index is -0.568. The zero-order valence-corrected chi connectivity index (χ0v) is 15.6. The van der Waals surface area contributed by atoms with E-state index in [0.717, 1.165) is 6.42 Å². The Morgan fingerprint density at radius 1 is 0.960 bits per heavy atom. The van der Waals surface area contributed by atoms with Crippen LogP contribution in [0.25, 0.3) is 0 Å². The van der Waals surface area contributed by atoms with Crippen molar-refractivity contribution in [2.45, 2.75) is 70.5 Å². The molecule has 2 atom stereocenters. The van der Waals surface area contributed by atoms with E-state index in [4.69, 9.17) is 0 Å². The zero-order valence-electron chi connectivity index (χ0n) is 15.6. The van der Waals surface area contributed by atoms with E-state index in [-0.39, 0.29) is 5.97 Å². The Morgan fingerprint density at radius 3 is 2.28 bits per heavy atom. The van der Waals surface area contributed by atoms with Crippen LogP contribution in [-0.4, -0.2) is 35.5 Å². The average molecular weight is 350 g/mol. The van der Waals surface area contributed by atoms with Gasteiger partial charge in [-0.2, -0.15) is 0 Å². The Labute approximate surface area is 152 Å². The van der Waals surface area contributed by atoms with Crippen LogP contribution < -0.4 is 0 Å². The molecule has 0 saturated heterocycles. The first kappa shape index (κ1) is 23.4. The van der Waals surface area contributed by atoms with Crippen molar-refractivity contribution in [3.63, 3.8) is 0 Å². The highest BCUT2D eigenvalue weighted by atomic mass is 16.5. The molecule has 0 rings (SSSR count). The molecule has 0 amide bonds. The summed E-state index contributed by atoms with van der Waals surface area (Å²) in [6.45, 7) is 2.19. The zero-order chi connectivity index (χ0) is 18.8. The fourth-order valence-corrected chi connectivity index (χ4v) is 2.11. The summed E-state index contributed by atoms with van der Waals surface area (Å²) in [5, 5.41) is 19.5. The monoisotopic (exact) mass is 350 g/mol. The molecular weight excluding hydrogens is 316 g/mol. The maximum Gasteiger partial charge on any atom is 0.305 e. The van der Waals surface area contributed by atoms with Gasteiger partial charge in [0.25, 0.3) is 0 Å². The van der Waals surface area contributed by atoms with Crippen molar-refractivity contribution in [2.24, 2.45) is 0 Å². The van der Waals surface area contributed by atoms with Crippen LogP contribution in [0.1, 0.15) is 58.3 Å². The summed E-state index contributed by atoms with van der Waals surface area (Å²) in [4.78, 5) is 10.9. The number of methoxy groups -OCH3 is 1. The van der Waals surface area contributed by atoms with Crippen molar-refractivity contribution in [3.05, 3.63) is 48.6 Å². The number of hydrogen-bond donors (Lipinski definition) is 2. The molecule has 0 aliphatic carbocycles. The highest BCUT2D eigenvalue weighted by molar-refractivity contribution is 5.68. The van der Waals surface area contributed by atoms with Gasteiger partial charge in [-0.25, -0.2) is 0 Å². The van der Waals surface area contributed by atoms with Crippen LogP contribution in [0.3, 0.4) is 0 Å². The number of esters is 1. The van der Waals surface area contributed by atoms with Crippen LogP contribution >= 0.6 is 0 Å². The van der Waals surface area contributed by atoms with Crippen molar-refractivity contribution in [3.8, 4) is 0 Å². The van der Waals surface area contributed by atoms with Crippen molar-refractivity contribution >= 4 is 5.97 Å². The smallest absolute Gasteiger partial charge is 0.305 e. The van der Waals surface area contributed by atoms with Gasteiger partial charge in [-0.1, -0.05) is 68.4 Å². The lowest BCUT2D eigenvalue weighted by Crippen LogP contribution is -2.05. The first-order chi connectivity index (χ1) is 12.1. The van der Waals surface area contributed by atoms with Gasteiger partial charge in [0.1, 0.15) is 0 Å². The molecule has 0 aliphatic heterocycles. The molecule has 0 aromatic heterocycles. The van der Waals surface area contributed by atoms with Gasteiger partial charge in [-0.3, -0.25) is 4.79 Å². The number of hydrogen-bond acceptors (Lipinski definition) is 4. The van der Waals surface area contributed by atoms with Gasteiger partial charge in [0, 0.05) is 6.42 Å². The Hall–Kier alpha value is -1.65. The molecule has 0 saturated carbocycles. The predicted octanol–water partition coefficient (Wildman–Crippen LogP) is 4.25. The van der Waals surface area contributed by atoms with Crippen molar-refractivity contribution in [2.75, 3.05) is 7.11 Å². The van der Waals surface area contributed by atoms with Crippen LogP contribution in [0.4, 0.5) is 0 Å². The van der Waals surface area contributed by atoms with Crippen molar-refractivity contribution in [1.82, 2.24) is 0 Å².